The highest BCUT2D eigenvalue weighted by atomic mass is 19.1. The molecule has 0 unspecified atom stereocenters. The maximum atomic E-state index is 14.2. The number of halogens is 1. The van der Waals surface area contributed by atoms with E-state index < -0.39 is 11.7 Å². The number of hydrogen-bond donors (Lipinski definition) is 3. The van der Waals surface area contributed by atoms with Crippen LogP contribution in [0.2, 0.25) is 0 Å². The highest BCUT2D eigenvalue weighted by molar-refractivity contribution is 5.96. The maximum absolute atomic E-state index is 14.2. The molecule has 1 saturated carbocycles. The molecule has 0 spiro atoms. The van der Waals surface area contributed by atoms with Crippen LogP contribution < -0.4 is 15.4 Å². The van der Waals surface area contributed by atoms with Crippen LogP contribution in [-0.2, 0) is 19.4 Å². The van der Waals surface area contributed by atoms with Crippen molar-refractivity contribution in [3.05, 3.63) is 95.2 Å². The van der Waals surface area contributed by atoms with E-state index in [0.29, 0.717) is 37.1 Å². The van der Waals surface area contributed by atoms with Gasteiger partial charge in [0.15, 0.2) is 0 Å². The minimum absolute atomic E-state index is 0.00290. The number of ether oxygens (including phenoxy) is 1. The van der Waals surface area contributed by atoms with Gasteiger partial charge in [0.05, 0.1) is 6.20 Å². The fourth-order valence-electron chi connectivity index (χ4n) is 6.10. The molecule has 45 heavy (non-hydrogen) atoms. The van der Waals surface area contributed by atoms with Crippen molar-refractivity contribution in [1.29, 1.82) is 0 Å². The largest absolute Gasteiger partial charge is 0.438 e. The Hall–Kier alpha value is -4.57. The Morgan fingerprint density at radius 2 is 1.69 bits per heavy atom. The van der Waals surface area contributed by atoms with Gasteiger partial charge >= 0.3 is 0 Å². The Morgan fingerprint density at radius 3 is 2.42 bits per heavy atom. The fourth-order valence-corrected chi connectivity index (χ4v) is 6.10. The zero-order valence-corrected chi connectivity index (χ0v) is 25.2. The lowest BCUT2D eigenvalue weighted by molar-refractivity contribution is 0.0887. The molecular weight excluding hydrogens is 573 g/mol. The molecular formula is C35H38FN5O4. The van der Waals surface area contributed by atoms with Gasteiger partial charge in [0, 0.05) is 30.9 Å². The maximum Gasteiger partial charge on any atom is 0.272 e. The first-order valence-electron chi connectivity index (χ1n) is 15.8. The van der Waals surface area contributed by atoms with Gasteiger partial charge in [0.1, 0.15) is 22.8 Å². The summed E-state index contributed by atoms with van der Waals surface area (Å²) in [6, 6.07) is 18.5. The summed E-state index contributed by atoms with van der Waals surface area (Å²) in [6.45, 7) is 1.02. The molecule has 0 bridgehead atoms. The van der Waals surface area contributed by atoms with Crippen LogP contribution in [0.15, 0.2) is 66.9 Å². The number of carbonyl (C=O) groups is 2. The van der Waals surface area contributed by atoms with Gasteiger partial charge in [-0.1, -0.05) is 36.4 Å². The van der Waals surface area contributed by atoms with Gasteiger partial charge in [0.2, 0.25) is 5.88 Å². The van der Waals surface area contributed by atoms with E-state index >= 15 is 0 Å². The average molecular weight is 612 g/mol. The van der Waals surface area contributed by atoms with Crippen molar-refractivity contribution in [3.63, 3.8) is 0 Å². The van der Waals surface area contributed by atoms with Crippen molar-refractivity contribution in [2.24, 2.45) is 0 Å². The van der Waals surface area contributed by atoms with E-state index in [1.54, 1.807) is 6.07 Å². The van der Waals surface area contributed by atoms with Crippen molar-refractivity contribution in [1.82, 2.24) is 25.4 Å². The molecule has 2 amide bonds. The first kappa shape index (κ1) is 30.5. The molecule has 2 aliphatic rings. The Labute approximate surface area is 261 Å². The van der Waals surface area contributed by atoms with E-state index in [1.165, 1.54) is 0 Å². The molecule has 6 rings (SSSR count). The van der Waals surface area contributed by atoms with Crippen LogP contribution in [0.25, 0.3) is 11.1 Å². The summed E-state index contributed by atoms with van der Waals surface area (Å²) >= 11 is 0. The molecule has 0 radical (unpaired) electrons. The van der Waals surface area contributed by atoms with Crippen LogP contribution in [0.4, 0.5) is 4.39 Å². The Morgan fingerprint density at radius 1 is 0.933 bits per heavy atom. The van der Waals surface area contributed by atoms with E-state index in [0.717, 1.165) is 73.3 Å². The number of amides is 2. The van der Waals surface area contributed by atoms with Gasteiger partial charge in [-0.2, -0.15) is 5.10 Å². The molecule has 0 saturated heterocycles. The Balaban J connectivity index is 1.05. The van der Waals surface area contributed by atoms with E-state index in [4.69, 9.17) is 9.84 Å². The summed E-state index contributed by atoms with van der Waals surface area (Å²) < 4.78 is 22.2. The first-order chi connectivity index (χ1) is 21.9. The lowest BCUT2D eigenvalue weighted by atomic mass is 9.91. The lowest BCUT2D eigenvalue weighted by Gasteiger charge is -2.29. The molecule has 10 heteroatoms. The van der Waals surface area contributed by atoms with Crippen LogP contribution in [0.5, 0.6) is 11.6 Å². The second-order valence-corrected chi connectivity index (χ2v) is 11.9. The number of aromatic nitrogens is 3. The van der Waals surface area contributed by atoms with Gasteiger partial charge in [-0.05, 0) is 98.7 Å². The van der Waals surface area contributed by atoms with E-state index in [9.17, 15) is 14.0 Å². The SMILES string of the molecule is O=C(NC1CCC(NC(=O)c2cc(F)cnc2Oc2cccc(-c3ccc(CCCO)cc3)c2)CC1)c1cc2n(n1)CCCC2. The molecule has 2 aromatic carbocycles. The topological polar surface area (TPSA) is 118 Å². The number of hydrogen-bond acceptors (Lipinski definition) is 6. The van der Waals surface area contributed by atoms with E-state index in [2.05, 4.69) is 20.7 Å². The average Bonchev–Trinajstić information content (AvgIpc) is 3.51. The van der Waals surface area contributed by atoms with Crippen LogP contribution >= 0.6 is 0 Å². The molecule has 3 heterocycles. The predicted octanol–water partition coefficient (Wildman–Crippen LogP) is 5.61. The fraction of sp³-hybridized carbons (Fsp3) is 0.371. The second-order valence-electron chi connectivity index (χ2n) is 11.9. The number of fused-ring (bicyclic) bond motifs is 1. The monoisotopic (exact) mass is 611 g/mol. The molecule has 234 valence electrons. The zero-order chi connectivity index (χ0) is 31.2. The predicted molar refractivity (Wildman–Crippen MR) is 168 cm³/mol. The third kappa shape index (κ3) is 7.57. The zero-order valence-electron chi connectivity index (χ0n) is 25.2. The van der Waals surface area contributed by atoms with Gasteiger partial charge < -0.3 is 20.5 Å². The second kappa shape index (κ2) is 14.0. The van der Waals surface area contributed by atoms with Gasteiger partial charge in [-0.3, -0.25) is 14.3 Å². The summed E-state index contributed by atoms with van der Waals surface area (Å²) in [4.78, 5) is 30.2. The molecule has 9 nitrogen and oxygen atoms in total. The van der Waals surface area contributed by atoms with Crippen LogP contribution in [0.3, 0.4) is 0 Å². The number of rotatable bonds is 10. The molecule has 3 N–H and O–H groups in total. The standard InChI is InChI=1S/C35H38FN5O4/c36-26-20-31(35(37-22-26)45-30-8-3-6-25(19-30)24-11-9-23(10-12-24)5-4-18-42)33(43)38-27-13-15-28(16-14-27)39-34(44)32-21-29-7-1-2-17-41(29)40-32/h3,6,8-12,19-22,27-28,42H,1-2,4-5,7,13-18H2,(H,38,43)(H,39,44). The highest BCUT2D eigenvalue weighted by Gasteiger charge is 2.27. The molecule has 0 atom stereocenters. The lowest BCUT2D eigenvalue weighted by Crippen LogP contribution is -2.44. The van der Waals surface area contributed by atoms with Crippen LogP contribution in [0.1, 0.15) is 77.0 Å². The van der Waals surface area contributed by atoms with Gasteiger partial charge in [-0.15, -0.1) is 0 Å². The van der Waals surface area contributed by atoms with Crippen molar-refractivity contribution < 1.29 is 23.8 Å². The molecule has 1 aliphatic heterocycles. The van der Waals surface area contributed by atoms with Crippen molar-refractivity contribution in [3.8, 4) is 22.8 Å². The third-order valence-electron chi connectivity index (χ3n) is 8.57. The van der Waals surface area contributed by atoms with E-state index in [1.807, 2.05) is 53.2 Å². The Kier molecular flexibility index (Phi) is 9.49. The van der Waals surface area contributed by atoms with Crippen LogP contribution in [-0.4, -0.2) is 50.4 Å². The van der Waals surface area contributed by atoms with Crippen molar-refractivity contribution in [2.45, 2.75) is 76.4 Å². The number of carbonyl (C=O) groups excluding carboxylic acids is 2. The smallest absolute Gasteiger partial charge is 0.272 e. The minimum Gasteiger partial charge on any atom is -0.438 e. The number of benzene rings is 2. The number of nitrogens with one attached hydrogen (secondary N) is 2. The summed E-state index contributed by atoms with van der Waals surface area (Å²) in [5.41, 5.74) is 4.66. The summed E-state index contributed by atoms with van der Waals surface area (Å²) in [5.74, 6) is -0.747. The van der Waals surface area contributed by atoms with Gasteiger partial charge in [-0.25, -0.2) is 9.37 Å². The normalized spacial score (nSPS) is 17.7. The number of aryl methyl sites for hydroxylation is 3. The summed E-state index contributed by atoms with van der Waals surface area (Å²) in [7, 11) is 0. The number of pyridine rings is 1. The van der Waals surface area contributed by atoms with Gasteiger partial charge in [0.25, 0.3) is 11.8 Å². The number of aliphatic hydroxyl groups excluding tert-OH is 1. The minimum atomic E-state index is -0.630. The molecule has 4 aromatic rings. The number of nitrogens with zero attached hydrogens (tertiary/aromatic N) is 3. The number of aliphatic hydroxyl groups is 1. The first-order valence-corrected chi connectivity index (χ1v) is 15.8. The molecule has 1 aliphatic carbocycles. The summed E-state index contributed by atoms with van der Waals surface area (Å²) in [5, 5.41) is 19.7. The summed E-state index contributed by atoms with van der Waals surface area (Å²) in [6.07, 6.45) is 8.50. The third-order valence-corrected chi connectivity index (χ3v) is 8.57. The quantitative estimate of drug-likeness (QED) is 0.215. The highest BCUT2D eigenvalue weighted by Crippen LogP contribution is 2.29. The Bertz CT molecular complexity index is 1620. The van der Waals surface area contributed by atoms with Crippen LogP contribution in [0, 0.1) is 5.82 Å². The van der Waals surface area contributed by atoms with Crippen molar-refractivity contribution in [2.75, 3.05) is 6.61 Å². The molecule has 2 aromatic heterocycles. The molecule has 1 fully saturated rings. The van der Waals surface area contributed by atoms with E-state index in [-0.39, 0.29) is 36.0 Å². The van der Waals surface area contributed by atoms with Crippen molar-refractivity contribution >= 4 is 11.8 Å².